The molecule has 1 aliphatic rings. The number of nitrogens with one attached hydrogen (secondary N) is 1. The molecule has 1 aromatic carbocycles. The molecule has 2 aromatic rings. The second-order valence-corrected chi connectivity index (χ2v) is 7.16. The lowest BCUT2D eigenvalue weighted by atomic mass is 9.88. The molecule has 2 heterocycles. The first kappa shape index (κ1) is 15.8. The van der Waals surface area contributed by atoms with Crippen LogP contribution in [0.15, 0.2) is 30.5 Å². The molecule has 1 unspecified atom stereocenters. The zero-order valence-electron chi connectivity index (χ0n) is 13.1. The number of nitrogens with zero attached hydrogens (tertiary/aromatic N) is 1. The fraction of sp³-hybridized carbons (Fsp3) is 0.444. The van der Waals surface area contributed by atoms with E-state index in [0.29, 0.717) is 10.0 Å². The fourth-order valence-corrected chi connectivity index (χ4v) is 3.97. The van der Waals surface area contributed by atoms with E-state index in [0.717, 1.165) is 17.8 Å². The number of benzene rings is 1. The molecule has 22 heavy (non-hydrogen) atoms. The Hall–Kier alpha value is -1.12. The third-order valence-electron chi connectivity index (χ3n) is 4.52. The Morgan fingerprint density at radius 3 is 2.77 bits per heavy atom. The summed E-state index contributed by atoms with van der Waals surface area (Å²) in [4.78, 5) is 0. The highest BCUT2D eigenvalue weighted by molar-refractivity contribution is 6.36. The van der Waals surface area contributed by atoms with Crippen LogP contribution in [-0.2, 0) is 5.54 Å². The van der Waals surface area contributed by atoms with Gasteiger partial charge in [0.2, 0.25) is 0 Å². The van der Waals surface area contributed by atoms with Gasteiger partial charge in [-0.15, -0.1) is 0 Å². The molecule has 0 radical (unpaired) electrons. The largest absolute Gasteiger partial charge is 0.373 e. The van der Waals surface area contributed by atoms with Crippen LogP contribution in [-0.4, -0.2) is 4.57 Å². The van der Waals surface area contributed by atoms with Gasteiger partial charge in [0, 0.05) is 16.9 Å². The monoisotopic (exact) mass is 336 g/mol. The topological polar surface area (TPSA) is 17.0 Å². The number of hydrogen-bond donors (Lipinski definition) is 1. The first-order valence-corrected chi connectivity index (χ1v) is 8.76. The second-order valence-electron chi connectivity index (χ2n) is 6.31. The molecule has 1 aliphatic heterocycles. The molecule has 0 amide bonds. The summed E-state index contributed by atoms with van der Waals surface area (Å²) in [6.07, 6.45) is 8.23. The lowest BCUT2D eigenvalue weighted by Gasteiger charge is -2.39. The summed E-state index contributed by atoms with van der Waals surface area (Å²) < 4.78 is 2.20. The van der Waals surface area contributed by atoms with Crippen LogP contribution in [0.5, 0.6) is 0 Å². The second kappa shape index (κ2) is 6.17. The van der Waals surface area contributed by atoms with Crippen molar-refractivity contribution in [2.24, 2.45) is 0 Å². The van der Waals surface area contributed by atoms with Gasteiger partial charge in [0.15, 0.2) is 0 Å². The van der Waals surface area contributed by atoms with Crippen molar-refractivity contribution in [3.05, 3.63) is 46.2 Å². The van der Waals surface area contributed by atoms with Gasteiger partial charge in [0.05, 0.1) is 21.9 Å². The van der Waals surface area contributed by atoms with E-state index < -0.39 is 0 Å². The quantitative estimate of drug-likeness (QED) is 0.625. The number of fused-ring (bicyclic) bond motifs is 3. The van der Waals surface area contributed by atoms with Crippen molar-refractivity contribution >= 4 is 28.9 Å². The average Bonchev–Trinajstić information content (AvgIpc) is 2.93. The molecule has 1 atom stereocenters. The van der Waals surface area contributed by atoms with Crippen LogP contribution in [0.4, 0.5) is 5.69 Å². The summed E-state index contributed by atoms with van der Waals surface area (Å²) in [5.74, 6) is 0. The lowest BCUT2D eigenvalue weighted by molar-refractivity contribution is 0.435. The van der Waals surface area contributed by atoms with Gasteiger partial charge in [-0.3, -0.25) is 0 Å². The molecule has 0 saturated heterocycles. The lowest BCUT2D eigenvalue weighted by Crippen LogP contribution is -2.37. The van der Waals surface area contributed by atoms with Crippen LogP contribution >= 0.6 is 23.2 Å². The molecular weight excluding hydrogens is 315 g/mol. The normalized spacial score (nSPS) is 19.5. The first-order chi connectivity index (χ1) is 10.5. The van der Waals surface area contributed by atoms with Gasteiger partial charge in [-0.1, -0.05) is 55.8 Å². The Labute approximate surface area is 142 Å². The summed E-state index contributed by atoms with van der Waals surface area (Å²) in [5.41, 5.74) is 3.19. The standard InChI is InChI=1S/C18H22Cl2N2/c1-3-4-5-6-9-18(2)16-8-7-10-22(16)17-14(20)11-13(19)12-15(17)21-18/h7-8,10-12,21H,3-6,9H2,1-2H3. The van der Waals surface area contributed by atoms with E-state index >= 15 is 0 Å². The van der Waals surface area contributed by atoms with Crippen molar-refractivity contribution < 1.29 is 0 Å². The molecule has 0 fully saturated rings. The van der Waals surface area contributed by atoms with Gasteiger partial charge in [-0.2, -0.15) is 0 Å². The van der Waals surface area contributed by atoms with Crippen molar-refractivity contribution in [3.63, 3.8) is 0 Å². The number of rotatable bonds is 5. The van der Waals surface area contributed by atoms with Gasteiger partial charge in [-0.25, -0.2) is 0 Å². The van der Waals surface area contributed by atoms with E-state index in [-0.39, 0.29) is 5.54 Å². The molecule has 0 bridgehead atoms. The zero-order valence-corrected chi connectivity index (χ0v) is 14.6. The van der Waals surface area contributed by atoms with Crippen LogP contribution < -0.4 is 5.32 Å². The minimum Gasteiger partial charge on any atom is -0.373 e. The predicted molar refractivity (Wildman–Crippen MR) is 95.5 cm³/mol. The third kappa shape index (κ3) is 2.75. The van der Waals surface area contributed by atoms with Gasteiger partial charge < -0.3 is 9.88 Å². The van der Waals surface area contributed by atoms with Crippen molar-refractivity contribution in [1.82, 2.24) is 4.57 Å². The fourth-order valence-electron chi connectivity index (χ4n) is 3.39. The van der Waals surface area contributed by atoms with E-state index in [1.807, 2.05) is 6.07 Å². The first-order valence-electron chi connectivity index (χ1n) is 8.00. The van der Waals surface area contributed by atoms with E-state index in [1.165, 1.54) is 31.4 Å². The molecule has 118 valence electrons. The minimum absolute atomic E-state index is 0.0851. The Morgan fingerprint density at radius 1 is 1.18 bits per heavy atom. The number of hydrogen-bond acceptors (Lipinski definition) is 1. The smallest absolute Gasteiger partial charge is 0.0876 e. The summed E-state index contributed by atoms with van der Waals surface area (Å²) >= 11 is 12.6. The summed E-state index contributed by atoms with van der Waals surface area (Å²) in [7, 11) is 0. The van der Waals surface area contributed by atoms with E-state index in [2.05, 4.69) is 42.1 Å². The maximum Gasteiger partial charge on any atom is 0.0876 e. The molecule has 0 spiro atoms. The summed E-state index contributed by atoms with van der Waals surface area (Å²) in [5, 5.41) is 5.03. The van der Waals surface area contributed by atoms with Gasteiger partial charge in [0.1, 0.15) is 0 Å². The molecule has 2 nitrogen and oxygen atoms in total. The molecule has 1 N–H and O–H groups in total. The highest BCUT2D eigenvalue weighted by Gasteiger charge is 2.35. The van der Waals surface area contributed by atoms with E-state index in [1.54, 1.807) is 6.07 Å². The van der Waals surface area contributed by atoms with Crippen LogP contribution in [0.2, 0.25) is 10.0 Å². The van der Waals surface area contributed by atoms with Crippen molar-refractivity contribution in [1.29, 1.82) is 0 Å². The molecule has 4 heteroatoms. The van der Waals surface area contributed by atoms with Crippen molar-refractivity contribution in [3.8, 4) is 5.69 Å². The molecular formula is C18H22Cl2N2. The maximum atomic E-state index is 6.43. The minimum atomic E-state index is -0.0851. The number of anilines is 1. The average molecular weight is 337 g/mol. The van der Waals surface area contributed by atoms with Crippen LogP contribution in [0.25, 0.3) is 5.69 Å². The Bertz CT molecular complexity index is 678. The SMILES string of the molecule is CCCCCCC1(C)Nc2cc(Cl)cc(Cl)c2-n2cccc21. The van der Waals surface area contributed by atoms with Crippen molar-refractivity contribution in [2.75, 3.05) is 5.32 Å². The third-order valence-corrected chi connectivity index (χ3v) is 5.03. The number of unbranched alkanes of at least 4 members (excludes halogenated alkanes) is 3. The highest BCUT2D eigenvalue weighted by atomic mass is 35.5. The van der Waals surface area contributed by atoms with E-state index in [4.69, 9.17) is 23.2 Å². The number of aromatic nitrogens is 1. The predicted octanol–water partition coefficient (Wildman–Crippen LogP) is 6.40. The molecule has 0 aliphatic carbocycles. The molecule has 1 aromatic heterocycles. The van der Waals surface area contributed by atoms with Crippen LogP contribution in [0, 0.1) is 0 Å². The highest BCUT2D eigenvalue weighted by Crippen LogP contribution is 2.44. The Balaban J connectivity index is 1.96. The van der Waals surface area contributed by atoms with Gasteiger partial charge >= 0.3 is 0 Å². The van der Waals surface area contributed by atoms with E-state index in [9.17, 15) is 0 Å². The number of halogens is 2. The molecule has 0 saturated carbocycles. The van der Waals surface area contributed by atoms with Gasteiger partial charge in [0.25, 0.3) is 0 Å². The van der Waals surface area contributed by atoms with Crippen LogP contribution in [0.1, 0.15) is 51.6 Å². The Morgan fingerprint density at radius 2 is 2.00 bits per heavy atom. The summed E-state index contributed by atoms with van der Waals surface area (Å²) in [6, 6.07) is 8.04. The maximum absolute atomic E-state index is 6.43. The molecule has 3 rings (SSSR count). The van der Waals surface area contributed by atoms with Crippen molar-refractivity contribution in [2.45, 2.75) is 51.5 Å². The Kier molecular flexibility index (Phi) is 4.42. The zero-order chi connectivity index (χ0) is 15.7. The van der Waals surface area contributed by atoms with Crippen LogP contribution in [0.3, 0.4) is 0 Å². The summed E-state index contributed by atoms with van der Waals surface area (Å²) in [6.45, 7) is 4.51. The van der Waals surface area contributed by atoms with Gasteiger partial charge in [-0.05, 0) is 37.6 Å².